The van der Waals surface area contributed by atoms with Gasteiger partial charge in [0.25, 0.3) is 5.91 Å². The fourth-order valence-corrected chi connectivity index (χ4v) is 2.01. The van der Waals surface area contributed by atoms with Crippen LogP contribution in [-0.2, 0) is 0 Å². The lowest BCUT2D eigenvalue weighted by Gasteiger charge is -2.09. The number of fused-ring (bicyclic) bond motifs is 1. The Morgan fingerprint density at radius 1 is 1.00 bits per heavy atom. The first-order valence-corrected chi connectivity index (χ1v) is 6.11. The summed E-state index contributed by atoms with van der Waals surface area (Å²) in [5, 5.41) is 3.72. The lowest BCUT2D eigenvalue weighted by Crippen LogP contribution is -2.14. The van der Waals surface area contributed by atoms with E-state index < -0.39 is 0 Å². The number of amides is 1. The third kappa shape index (κ3) is 2.16. The van der Waals surface area contributed by atoms with E-state index in [-0.39, 0.29) is 11.7 Å². The van der Waals surface area contributed by atoms with Crippen molar-refractivity contribution in [2.75, 3.05) is 11.1 Å². The van der Waals surface area contributed by atoms with Gasteiger partial charge in [-0.3, -0.25) is 9.78 Å². The van der Waals surface area contributed by atoms with Crippen LogP contribution >= 0.6 is 0 Å². The van der Waals surface area contributed by atoms with Crippen molar-refractivity contribution in [3.63, 3.8) is 0 Å². The molecule has 3 N–H and O–H groups in total. The first kappa shape index (κ1) is 12.1. The number of nitrogens with one attached hydrogen (secondary N) is 1. The minimum Gasteiger partial charge on any atom is -0.383 e. The van der Waals surface area contributed by atoms with Crippen LogP contribution in [0.1, 0.15) is 10.4 Å². The highest BCUT2D eigenvalue weighted by molar-refractivity contribution is 6.10. The number of carbonyl (C=O) groups is 1. The molecule has 0 spiro atoms. The third-order valence-corrected chi connectivity index (χ3v) is 2.98. The first-order valence-electron chi connectivity index (χ1n) is 6.11. The molecular formula is C15H12N4O. The zero-order valence-corrected chi connectivity index (χ0v) is 10.6. The second kappa shape index (κ2) is 4.97. The van der Waals surface area contributed by atoms with Crippen LogP contribution in [0.3, 0.4) is 0 Å². The molecule has 3 rings (SSSR count). The number of hydrogen-bond donors (Lipinski definition) is 2. The summed E-state index contributed by atoms with van der Waals surface area (Å²) >= 11 is 0. The Bertz CT molecular complexity index is 780. The Morgan fingerprint density at radius 2 is 1.80 bits per heavy atom. The Hall–Kier alpha value is -2.95. The summed E-state index contributed by atoms with van der Waals surface area (Å²) in [5.74, 6) is -0.0738. The summed E-state index contributed by atoms with van der Waals surface area (Å²) in [6.07, 6.45) is 3.26. The van der Waals surface area contributed by atoms with Gasteiger partial charge in [-0.05, 0) is 36.4 Å². The molecule has 98 valence electrons. The third-order valence-electron chi connectivity index (χ3n) is 2.98. The van der Waals surface area contributed by atoms with E-state index in [1.165, 1.54) is 0 Å². The largest absolute Gasteiger partial charge is 0.383 e. The Labute approximate surface area is 115 Å². The van der Waals surface area contributed by atoms with Gasteiger partial charge in [0, 0.05) is 17.8 Å². The van der Waals surface area contributed by atoms with Gasteiger partial charge in [-0.15, -0.1) is 0 Å². The predicted molar refractivity (Wildman–Crippen MR) is 78.3 cm³/mol. The molecule has 0 fully saturated rings. The van der Waals surface area contributed by atoms with Crippen molar-refractivity contribution in [3.05, 3.63) is 60.4 Å². The maximum absolute atomic E-state index is 12.2. The molecule has 0 unspecified atom stereocenters. The van der Waals surface area contributed by atoms with Crippen LogP contribution in [-0.4, -0.2) is 15.9 Å². The number of benzene rings is 1. The summed E-state index contributed by atoms with van der Waals surface area (Å²) in [5.41, 5.74) is 7.58. The Balaban J connectivity index is 1.98. The number of hydrogen-bond acceptors (Lipinski definition) is 4. The maximum atomic E-state index is 12.2. The molecule has 0 aliphatic heterocycles. The quantitative estimate of drug-likeness (QED) is 0.745. The van der Waals surface area contributed by atoms with Crippen molar-refractivity contribution < 1.29 is 4.79 Å². The van der Waals surface area contributed by atoms with Crippen molar-refractivity contribution in [2.24, 2.45) is 0 Å². The minimum absolute atomic E-state index is 0.211. The van der Waals surface area contributed by atoms with Gasteiger partial charge in [-0.25, -0.2) is 4.98 Å². The molecule has 1 aromatic carbocycles. The van der Waals surface area contributed by atoms with E-state index in [1.54, 1.807) is 24.5 Å². The molecule has 1 amide bonds. The lowest BCUT2D eigenvalue weighted by atomic mass is 10.1. The summed E-state index contributed by atoms with van der Waals surface area (Å²) < 4.78 is 0. The summed E-state index contributed by atoms with van der Waals surface area (Å²) in [7, 11) is 0. The van der Waals surface area contributed by atoms with Crippen LogP contribution in [0.2, 0.25) is 0 Å². The second-order valence-corrected chi connectivity index (χ2v) is 4.27. The fraction of sp³-hybridized carbons (Fsp3) is 0. The molecule has 0 atom stereocenters. The molecule has 5 nitrogen and oxygen atoms in total. The van der Waals surface area contributed by atoms with Gasteiger partial charge >= 0.3 is 0 Å². The van der Waals surface area contributed by atoms with Gasteiger partial charge in [-0.2, -0.15) is 0 Å². The number of aromatic nitrogens is 2. The molecule has 0 saturated heterocycles. The molecule has 0 radical (unpaired) electrons. The monoisotopic (exact) mass is 264 g/mol. The predicted octanol–water partition coefficient (Wildman–Crippen LogP) is 2.46. The molecule has 0 aliphatic carbocycles. The van der Waals surface area contributed by atoms with Crippen LogP contribution in [0.5, 0.6) is 0 Å². The number of pyridine rings is 2. The highest BCUT2D eigenvalue weighted by atomic mass is 16.1. The molecule has 0 bridgehead atoms. The van der Waals surface area contributed by atoms with E-state index in [0.29, 0.717) is 11.3 Å². The van der Waals surface area contributed by atoms with E-state index in [1.807, 2.05) is 30.3 Å². The first-order chi connectivity index (χ1) is 9.75. The molecule has 5 heteroatoms. The number of carbonyl (C=O) groups excluding carboxylic acids is 1. The zero-order chi connectivity index (χ0) is 13.9. The topological polar surface area (TPSA) is 80.9 Å². The van der Waals surface area contributed by atoms with Crippen LogP contribution in [0.25, 0.3) is 10.9 Å². The van der Waals surface area contributed by atoms with Crippen LogP contribution in [0.4, 0.5) is 11.5 Å². The van der Waals surface area contributed by atoms with E-state index >= 15 is 0 Å². The average Bonchev–Trinajstić information content (AvgIpc) is 2.48. The van der Waals surface area contributed by atoms with Crippen LogP contribution < -0.4 is 11.1 Å². The Kier molecular flexibility index (Phi) is 3.01. The number of rotatable bonds is 2. The molecule has 0 aliphatic rings. The maximum Gasteiger partial charge on any atom is 0.259 e. The van der Waals surface area contributed by atoms with Crippen molar-refractivity contribution in [2.45, 2.75) is 0 Å². The summed E-state index contributed by atoms with van der Waals surface area (Å²) in [4.78, 5) is 20.4. The van der Waals surface area contributed by atoms with Gasteiger partial charge in [0.1, 0.15) is 5.82 Å². The standard InChI is InChI=1S/C15H12N4O/c16-14-11(5-3-9-18-14)15(20)19-13-7-1-6-12-10(13)4-2-8-17-12/h1-9H,(H2,16,18)(H,19,20). The molecule has 3 aromatic rings. The summed E-state index contributed by atoms with van der Waals surface area (Å²) in [6, 6.07) is 12.6. The molecule has 20 heavy (non-hydrogen) atoms. The van der Waals surface area contributed by atoms with E-state index in [2.05, 4.69) is 15.3 Å². The number of nitrogens with zero attached hydrogens (tertiary/aromatic N) is 2. The zero-order valence-electron chi connectivity index (χ0n) is 10.6. The molecular weight excluding hydrogens is 252 g/mol. The number of nitrogens with two attached hydrogens (primary N) is 1. The van der Waals surface area contributed by atoms with Gasteiger partial charge < -0.3 is 11.1 Å². The van der Waals surface area contributed by atoms with Crippen LogP contribution in [0, 0.1) is 0 Å². The van der Waals surface area contributed by atoms with E-state index in [9.17, 15) is 4.79 Å². The average molecular weight is 264 g/mol. The van der Waals surface area contributed by atoms with Crippen molar-refractivity contribution >= 4 is 28.3 Å². The van der Waals surface area contributed by atoms with Gasteiger partial charge in [-0.1, -0.05) is 6.07 Å². The number of nitrogen functional groups attached to an aromatic ring is 1. The molecule has 2 heterocycles. The van der Waals surface area contributed by atoms with Crippen LogP contribution in [0.15, 0.2) is 54.9 Å². The molecule has 2 aromatic heterocycles. The SMILES string of the molecule is Nc1ncccc1C(=O)Nc1cccc2ncccc12. The highest BCUT2D eigenvalue weighted by Crippen LogP contribution is 2.22. The van der Waals surface area contributed by atoms with Gasteiger partial charge in [0.2, 0.25) is 0 Å². The van der Waals surface area contributed by atoms with Crippen molar-refractivity contribution in [3.8, 4) is 0 Å². The smallest absolute Gasteiger partial charge is 0.259 e. The van der Waals surface area contributed by atoms with Crippen molar-refractivity contribution in [1.82, 2.24) is 9.97 Å². The fourth-order valence-electron chi connectivity index (χ4n) is 2.01. The van der Waals surface area contributed by atoms with E-state index in [0.717, 1.165) is 10.9 Å². The van der Waals surface area contributed by atoms with E-state index in [4.69, 9.17) is 5.73 Å². The Morgan fingerprint density at radius 3 is 2.65 bits per heavy atom. The number of anilines is 2. The normalized spacial score (nSPS) is 10.4. The second-order valence-electron chi connectivity index (χ2n) is 4.27. The highest BCUT2D eigenvalue weighted by Gasteiger charge is 2.11. The van der Waals surface area contributed by atoms with Gasteiger partial charge in [0.05, 0.1) is 16.8 Å². The summed E-state index contributed by atoms with van der Waals surface area (Å²) in [6.45, 7) is 0. The lowest BCUT2D eigenvalue weighted by molar-refractivity contribution is 0.102. The van der Waals surface area contributed by atoms with Crippen molar-refractivity contribution in [1.29, 1.82) is 0 Å². The minimum atomic E-state index is -0.285. The van der Waals surface area contributed by atoms with Gasteiger partial charge in [0.15, 0.2) is 0 Å². The molecule has 0 saturated carbocycles.